The zero-order valence-electron chi connectivity index (χ0n) is 12.8. The number of nitrogens with two attached hydrogens (primary N) is 1. The normalized spacial score (nSPS) is 10.6. The van der Waals surface area contributed by atoms with Crippen molar-refractivity contribution in [2.45, 2.75) is 13.8 Å². The van der Waals surface area contributed by atoms with Crippen molar-refractivity contribution >= 4 is 28.2 Å². The molecule has 0 atom stereocenters. The number of carbonyl (C=O) groups excluding carboxylic acids is 1. The summed E-state index contributed by atoms with van der Waals surface area (Å²) in [5.41, 5.74) is 8.61. The number of hydrogen-bond acceptors (Lipinski definition) is 4. The number of fused-ring (bicyclic) bond motifs is 1. The smallest absolute Gasteiger partial charge is 0.242 e. The van der Waals surface area contributed by atoms with Crippen molar-refractivity contribution in [1.82, 2.24) is 9.88 Å². The lowest BCUT2D eigenvalue weighted by Crippen LogP contribution is -2.39. The van der Waals surface area contributed by atoms with Gasteiger partial charge in [-0.3, -0.25) is 9.78 Å². The van der Waals surface area contributed by atoms with Crippen LogP contribution in [0.5, 0.6) is 0 Å². The van der Waals surface area contributed by atoms with Crippen molar-refractivity contribution in [1.29, 1.82) is 0 Å². The van der Waals surface area contributed by atoms with E-state index in [9.17, 15) is 4.79 Å². The lowest BCUT2D eigenvalue weighted by Gasteiger charge is -2.25. The van der Waals surface area contributed by atoms with E-state index >= 15 is 0 Å². The molecule has 5 heteroatoms. The minimum Gasteiger partial charge on any atom is -0.396 e. The molecule has 1 amide bonds. The first kappa shape index (κ1) is 15.1. The number of carbonyl (C=O) groups is 1. The van der Waals surface area contributed by atoms with Gasteiger partial charge in [0.1, 0.15) is 0 Å². The summed E-state index contributed by atoms with van der Waals surface area (Å²) in [5, 5.41) is 0.914. The molecule has 0 saturated heterocycles. The van der Waals surface area contributed by atoms with Gasteiger partial charge in [-0.2, -0.15) is 0 Å². The molecular formula is C16H22N4O. The van der Waals surface area contributed by atoms with Crippen LogP contribution in [0, 0.1) is 0 Å². The van der Waals surface area contributed by atoms with Crippen LogP contribution in [0.2, 0.25) is 0 Å². The highest BCUT2D eigenvalue weighted by atomic mass is 16.2. The summed E-state index contributed by atoms with van der Waals surface area (Å²) in [4.78, 5) is 20.2. The molecule has 21 heavy (non-hydrogen) atoms. The van der Waals surface area contributed by atoms with Gasteiger partial charge < -0.3 is 15.5 Å². The van der Waals surface area contributed by atoms with Gasteiger partial charge in [-0.15, -0.1) is 0 Å². The Morgan fingerprint density at radius 2 is 1.95 bits per heavy atom. The summed E-state index contributed by atoms with van der Waals surface area (Å²) in [7, 11) is 1.88. The molecule has 2 rings (SSSR count). The molecule has 0 spiro atoms. The average molecular weight is 286 g/mol. The lowest BCUT2D eigenvalue weighted by molar-refractivity contribution is -0.129. The Kier molecular flexibility index (Phi) is 4.62. The number of aromatic nitrogens is 1. The highest BCUT2D eigenvalue weighted by molar-refractivity contribution is 5.97. The van der Waals surface area contributed by atoms with Crippen LogP contribution < -0.4 is 10.6 Å². The predicted octanol–water partition coefficient (Wildman–Crippen LogP) is 2.12. The molecule has 0 unspecified atom stereocenters. The van der Waals surface area contributed by atoms with Gasteiger partial charge in [-0.05, 0) is 38.1 Å². The predicted molar refractivity (Wildman–Crippen MR) is 87.4 cm³/mol. The van der Waals surface area contributed by atoms with Gasteiger partial charge in [0.25, 0.3) is 0 Å². The van der Waals surface area contributed by atoms with Gasteiger partial charge in [-0.1, -0.05) is 0 Å². The zero-order chi connectivity index (χ0) is 15.4. The summed E-state index contributed by atoms with van der Waals surface area (Å²) in [6.07, 6.45) is 1.75. The van der Waals surface area contributed by atoms with Crippen LogP contribution in [0.25, 0.3) is 10.9 Å². The molecule has 2 aromatic rings. The van der Waals surface area contributed by atoms with Crippen LogP contribution in [0.3, 0.4) is 0 Å². The molecule has 0 radical (unpaired) electrons. The molecule has 0 aliphatic carbocycles. The molecule has 1 heterocycles. The molecule has 0 bridgehead atoms. The van der Waals surface area contributed by atoms with E-state index in [4.69, 9.17) is 5.73 Å². The van der Waals surface area contributed by atoms with Gasteiger partial charge in [0.15, 0.2) is 0 Å². The Morgan fingerprint density at radius 1 is 1.24 bits per heavy atom. The Bertz CT molecular complexity index is 637. The molecule has 0 fully saturated rings. The SMILES string of the molecule is CCN(CC)C(=O)CN(C)c1ccc2ncccc2c1N. The monoisotopic (exact) mass is 286 g/mol. The number of rotatable bonds is 5. The van der Waals surface area contributed by atoms with E-state index in [2.05, 4.69) is 4.98 Å². The third-order valence-corrected chi connectivity index (χ3v) is 3.70. The van der Waals surface area contributed by atoms with Crippen LogP contribution in [0.1, 0.15) is 13.8 Å². The quantitative estimate of drug-likeness (QED) is 0.855. The van der Waals surface area contributed by atoms with E-state index in [0.717, 1.165) is 29.7 Å². The number of hydrogen-bond donors (Lipinski definition) is 1. The van der Waals surface area contributed by atoms with Gasteiger partial charge in [0.2, 0.25) is 5.91 Å². The van der Waals surface area contributed by atoms with E-state index in [1.54, 1.807) is 6.20 Å². The van der Waals surface area contributed by atoms with Crippen molar-refractivity contribution < 1.29 is 4.79 Å². The molecule has 112 valence electrons. The summed E-state index contributed by atoms with van der Waals surface area (Å²) >= 11 is 0. The van der Waals surface area contributed by atoms with E-state index in [-0.39, 0.29) is 5.91 Å². The number of nitrogens with zero attached hydrogens (tertiary/aromatic N) is 3. The highest BCUT2D eigenvalue weighted by Crippen LogP contribution is 2.29. The van der Waals surface area contributed by atoms with E-state index in [1.807, 2.05) is 55.0 Å². The maximum atomic E-state index is 12.2. The van der Waals surface area contributed by atoms with E-state index in [1.165, 1.54) is 0 Å². The summed E-state index contributed by atoms with van der Waals surface area (Å²) in [5.74, 6) is 0.105. The number of likely N-dealkylation sites (N-methyl/N-ethyl adjacent to an activating group) is 2. The topological polar surface area (TPSA) is 62.5 Å². The fourth-order valence-corrected chi connectivity index (χ4v) is 2.46. The van der Waals surface area contributed by atoms with Crippen molar-refractivity contribution in [3.8, 4) is 0 Å². The van der Waals surface area contributed by atoms with E-state index < -0.39 is 0 Å². The third-order valence-electron chi connectivity index (χ3n) is 3.70. The van der Waals surface area contributed by atoms with Gasteiger partial charge in [0, 0.05) is 31.7 Å². The average Bonchev–Trinajstić information content (AvgIpc) is 2.49. The summed E-state index contributed by atoms with van der Waals surface area (Å²) in [6, 6.07) is 7.66. The van der Waals surface area contributed by atoms with Gasteiger partial charge >= 0.3 is 0 Å². The Hall–Kier alpha value is -2.30. The zero-order valence-corrected chi connectivity index (χ0v) is 12.8. The second-order valence-electron chi connectivity index (χ2n) is 4.99. The standard InChI is InChI=1S/C16H22N4O/c1-4-20(5-2)15(21)11-19(3)14-9-8-13-12(16(14)17)7-6-10-18-13/h6-10H,4-5,11,17H2,1-3H3. The molecule has 5 nitrogen and oxygen atoms in total. The lowest BCUT2D eigenvalue weighted by atomic mass is 10.1. The summed E-state index contributed by atoms with van der Waals surface area (Å²) < 4.78 is 0. The molecule has 1 aromatic heterocycles. The number of pyridine rings is 1. The van der Waals surface area contributed by atoms with Gasteiger partial charge in [0.05, 0.1) is 23.4 Å². The first-order valence-electron chi connectivity index (χ1n) is 7.20. The minimum absolute atomic E-state index is 0.105. The van der Waals surface area contributed by atoms with Crippen LogP contribution in [0.15, 0.2) is 30.5 Å². The number of amides is 1. The molecule has 1 aromatic carbocycles. The summed E-state index contributed by atoms with van der Waals surface area (Å²) in [6.45, 7) is 5.73. The Labute approximate surface area is 125 Å². The fraction of sp³-hybridized carbons (Fsp3) is 0.375. The van der Waals surface area contributed by atoms with Gasteiger partial charge in [-0.25, -0.2) is 0 Å². The molecule has 0 aliphatic rings. The Balaban J connectivity index is 2.25. The molecule has 0 saturated carbocycles. The van der Waals surface area contributed by atoms with Crippen molar-refractivity contribution in [3.05, 3.63) is 30.5 Å². The largest absolute Gasteiger partial charge is 0.396 e. The first-order valence-corrected chi connectivity index (χ1v) is 7.20. The fourth-order valence-electron chi connectivity index (χ4n) is 2.46. The van der Waals surface area contributed by atoms with E-state index in [0.29, 0.717) is 12.2 Å². The van der Waals surface area contributed by atoms with Crippen LogP contribution in [0.4, 0.5) is 11.4 Å². The highest BCUT2D eigenvalue weighted by Gasteiger charge is 2.15. The molecule has 2 N–H and O–H groups in total. The van der Waals surface area contributed by atoms with Crippen LogP contribution in [-0.2, 0) is 4.79 Å². The maximum Gasteiger partial charge on any atom is 0.242 e. The number of nitrogen functional groups attached to an aromatic ring is 1. The van der Waals surface area contributed by atoms with Crippen LogP contribution >= 0.6 is 0 Å². The maximum absolute atomic E-state index is 12.2. The minimum atomic E-state index is 0.105. The first-order chi connectivity index (χ1) is 10.1. The second kappa shape index (κ2) is 6.43. The number of anilines is 2. The Morgan fingerprint density at radius 3 is 2.62 bits per heavy atom. The number of benzene rings is 1. The van der Waals surface area contributed by atoms with Crippen LogP contribution in [-0.4, -0.2) is 42.5 Å². The molecular weight excluding hydrogens is 264 g/mol. The molecule has 0 aliphatic heterocycles. The van der Waals surface area contributed by atoms with Crippen molar-refractivity contribution in [2.24, 2.45) is 0 Å². The van der Waals surface area contributed by atoms with Crippen molar-refractivity contribution in [2.75, 3.05) is 37.3 Å². The second-order valence-corrected chi connectivity index (χ2v) is 4.99. The van der Waals surface area contributed by atoms with Crippen molar-refractivity contribution in [3.63, 3.8) is 0 Å². The third kappa shape index (κ3) is 3.07.